The van der Waals surface area contributed by atoms with Crippen molar-refractivity contribution in [2.45, 2.75) is 58.5 Å². The summed E-state index contributed by atoms with van der Waals surface area (Å²) in [6.07, 6.45) is 7.63. The van der Waals surface area contributed by atoms with E-state index in [2.05, 4.69) is 58.7 Å². The van der Waals surface area contributed by atoms with Crippen LogP contribution in [0.4, 0.5) is 0 Å². The summed E-state index contributed by atoms with van der Waals surface area (Å²) in [4.78, 5) is 9.88. The summed E-state index contributed by atoms with van der Waals surface area (Å²) < 4.78 is 5.38. The normalized spacial score (nSPS) is 20.3. The van der Waals surface area contributed by atoms with Crippen LogP contribution < -0.4 is 10.6 Å². The Bertz CT molecular complexity index is 684. The number of guanidine groups is 1. The molecule has 1 aliphatic carbocycles. The second-order valence-corrected chi connectivity index (χ2v) is 9.75. The van der Waals surface area contributed by atoms with Gasteiger partial charge in [-0.2, -0.15) is 0 Å². The molecule has 6 heteroatoms. The van der Waals surface area contributed by atoms with Gasteiger partial charge in [-0.25, -0.2) is 4.99 Å². The van der Waals surface area contributed by atoms with E-state index in [1.807, 2.05) is 0 Å². The molecule has 1 heterocycles. The van der Waals surface area contributed by atoms with E-state index < -0.39 is 0 Å². The summed E-state index contributed by atoms with van der Waals surface area (Å²) in [5.74, 6) is 0.925. The molecule has 0 aromatic heterocycles. The average molecular weight is 444 g/mol. The van der Waals surface area contributed by atoms with E-state index in [9.17, 15) is 0 Å². The summed E-state index contributed by atoms with van der Waals surface area (Å²) in [7, 11) is 4.03. The van der Waals surface area contributed by atoms with Gasteiger partial charge in [-0.3, -0.25) is 4.90 Å². The smallest absolute Gasteiger partial charge is 0.191 e. The first-order valence-electron chi connectivity index (χ1n) is 12.6. The van der Waals surface area contributed by atoms with E-state index in [0.717, 1.165) is 45.2 Å². The largest absolute Gasteiger partial charge is 0.385 e. The van der Waals surface area contributed by atoms with Crippen molar-refractivity contribution in [2.24, 2.45) is 10.4 Å². The Labute approximate surface area is 195 Å². The molecular weight excluding hydrogens is 398 g/mol. The highest BCUT2D eigenvalue weighted by molar-refractivity contribution is 5.79. The molecule has 0 amide bonds. The van der Waals surface area contributed by atoms with Gasteiger partial charge in [0.1, 0.15) is 0 Å². The van der Waals surface area contributed by atoms with Gasteiger partial charge in [-0.1, -0.05) is 37.1 Å². The number of hydrogen-bond acceptors (Lipinski definition) is 4. The van der Waals surface area contributed by atoms with Crippen LogP contribution in [0.1, 0.15) is 56.6 Å². The highest BCUT2D eigenvalue weighted by atomic mass is 16.5. The van der Waals surface area contributed by atoms with E-state index in [0.29, 0.717) is 12.0 Å². The number of nitrogens with one attached hydrogen (secondary N) is 2. The maximum atomic E-state index is 5.38. The summed E-state index contributed by atoms with van der Waals surface area (Å²) >= 11 is 0. The molecule has 0 unspecified atom stereocenters. The molecule has 1 saturated heterocycles. The highest BCUT2D eigenvalue weighted by Gasteiger charge is 2.33. The zero-order valence-corrected chi connectivity index (χ0v) is 20.7. The molecular formula is C26H45N5O. The predicted octanol–water partition coefficient (Wildman–Crippen LogP) is 3.48. The maximum Gasteiger partial charge on any atom is 0.191 e. The monoisotopic (exact) mass is 443 g/mol. The number of aliphatic imine (C=N–C) groups is 1. The van der Waals surface area contributed by atoms with E-state index >= 15 is 0 Å². The van der Waals surface area contributed by atoms with Gasteiger partial charge < -0.3 is 20.3 Å². The number of likely N-dealkylation sites (N-methyl/N-ethyl adjacent to an activating group) is 1. The molecule has 0 atom stereocenters. The molecule has 2 fully saturated rings. The van der Waals surface area contributed by atoms with E-state index in [1.54, 1.807) is 7.11 Å². The first kappa shape index (κ1) is 25.0. The molecule has 6 nitrogen and oxygen atoms in total. The Morgan fingerprint density at radius 2 is 1.75 bits per heavy atom. The lowest BCUT2D eigenvalue weighted by Gasteiger charge is -2.30. The third-order valence-electron chi connectivity index (χ3n) is 7.14. The number of benzene rings is 1. The lowest BCUT2D eigenvalue weighted by Crippen LogP contribution is -2.43. The van der Waals surface area contributed by atoms with Crippen LogP contribution in [0, 0.1) is 5.41 Å². The lowest BCUT2D eigenvalue weighted by atomic mass is 9.83. The topological polar surface area (TPSA) is 52.1 Å². The minimum Gasteiger partial charge on any atom is -0.385 e. The van der Waals surface area contributed by atoms with Crippen molar-refractivity contribution >= 4 is 5.96 Å². The van der Waals surface area contributed by atoms with Gasteiger partial charge >= 0.3 is 0 Å². The highest BCUT2D eigenvalue weighted by Crippen LogP contribution is 2.40. The third-order valence-corrected chi connectivity index (χ3v) is 7.14. The maximum absolute atomic E-state index is 5.38. The van der Waals surface area contributed by atoms with Crippen LogP contribution in [0.5, 0.6) is 0 Å². The van der Waals surface area contributed by atoms with Crippen molar-refractivity contribution in [3.8, 4) is 0 Å². The summed E-state index contributed by atoms with van der Waals surface area (Å²) in [5, 5.41) is 7.05. The predicted molar refractivity (Wildman–Crippen MR) is 134 cm³/mol. The fraction of sp³-hybridized carbons (Fsp3) is 0.731. The number of hydrogen-bond donors (Lipinski definition) is 2. The van der Waals surface area contributed by atoms with Gasteiger partial charge in [-0.15, -0.1) is 0 Å². The number of rotatable bonds is 10. The molecule has 2 N–H and O–H groups in total. The van der Waals surface area contributed by atoms with E-state index in [1.165, 1.54) is 62.9 Å². The van der Waals surface area contributed by atoms with Gasteiger partial charge in [0.15, 0.2) is 5.96 Å². The van der Waals surface area contributed by atoms with Crippen LogP contribution in [0.25, 0.3) is 0 Å². The summed E-state index contributed by atoms with van der Waals surface area (Å²) in [5.41, 5.74) is 3.01. The van der Waals surface area contributed by atoms with Gasteiger partial charge in [0, 0.05) is 46.4 Å². The van der Waals surface area contributed by atoms with Crippen molar-refractivity contribution < 1.29 is 4.74 Å². The SMILES string of the molecule is CCNC(=NCc1ccc(CN2CCCN(C)CC2)cc1)NCC1(CCOC)CCCC1. The standard InChI is InChI=1S/C26H45N5O/c1-4-27-25(29-22-26(14-19-32-3)12-5-6-13-26)28-20-23-8-10-24(11-9-23)21-31-16-7-15-30(2)17-18-31/h8-11H,4-7,12-22H2,1-3H3,(H2,27,28,29). The van der Waals surface area contributed by atoms with Gasteiger partial charge in [-0.05, 0) is 69.3 Å². The third kappa shape index (κ3) is 8.05. The van der Waals surface area contributed by atoms with Crippen LogP contribution in [-0.4, -0.2) is 75.8 Å². The van der Waals surface area contributed by atoms with Gasteiger partial charge in [0.05, 0.1) is 6.54 Å². The van der Waals surface area contributed by atoms with Crippen molar-refractivity contribution in [2.75, 3.05) is 60.0 Å². The molecule has 1 aromatic rings. The van der Waals surface area contributed by atoms with Gasteiger partial charge in [0.25, 0.3) is 0 Å². The molecule has 1 saturated carbocycles. The first-order valence-corrected chi connectivity index (χ1v) is 12.6. The van der Waals surface area contributed by atoms with Crippen molar-refractivity contribution in [3.05, 3.63) is 35.4 Å². The minimum atomic E-state index is 0.357. The lowest BCUT2D eigenvalue weighted by molar-refractivity contribution is 0.138. The number of nitrogens with zero attached hydrogens (tertiary/aromatic N) is 3. The van der Waals surface area contributed by atoms with Crippen molar-refractivity contribution in [1.82, 2.24) is 20.4 Å². The summed E-state index contributed by atoms with van der Waals surface area (Å²) in [6.45, 7) is 11.3. The Kier molecular flexibility index (Phi) is 10.3. The average Bonchev–Trinajstić information content (AvgIpc) is 3.18. The number of methoxy groups -OCH3 is 1. The molecule has 3 rings (SSSR count). The zero-order chi connectivity index (χ0) is 22.7. The molecule has 1 aromatic carbocycles. The second kappa shape index (κ2) is 13.2. The Hall–Kier alpha value is -1.63. The summed E-state index contributed by atoms with van der Waals surface area (Å²) in [6, 6.07) is 9.03. The van der Waals surface area contributed by atoms with Crippen LogP contribution in [0.2, 0.25) is 0 Å². The molecule has 180 valence electrons. The van der Waals surface area contributed by atoms with Crippen LogP contribution in [-0.2, 0) is 17.8 Å². The number of ether oxygens (including phenoxy) is 1. The van der Waals surface area contributed by atoms with E-state index in [-0.39, 0.29) is 0 Å². The molecule has 0 spiro atoms. The van der Waals surface area contributed by atoms with Gasteiger partial charge in [0.2, 0.25) is 0 Å². The molecule has 1 aliphatic heterocycles. The molecule has 0 radical (unpaired) electrons. The second-order valence-electron chi connectivity index (χ2n) is 9.75. The zero-order valence-electron chi connectivity index (χ0n) is 20.7. The Balaban J connectivity index is 1.51. The molecule has 2 aliphatic rings. The van der Waals surface area contributed by atoms with Crippen LogP contribution in [0.3, 0.4) is 0 Å². The Morgan fingerprint density at radius 3 is 2.47 bits per heavy atom. The Morgan fingerprint density at radius 1 is 1.00 bits per heavy atom. The minimum absolute atomic E-state index is 0.357. The van der Waals surface area contributed by atoms with Crippen LogP contribution in [0.15, 0.2) is 29.3 Å². The van der Waals surface area contributed by atoms with Crippen LogP contribution >= 0.6 is 0 Å². The molecule has 0 bridgehead atoms. The molecule has 32 heavy (non-hydrogen) atoms. The van der Waals surface area contributed by atoms with Crippen molar-refractivity contribution in [1.29, 1.82) is 0 Å². The first-order chi connectivity index (χ1) is 15.6. The fourth-order valence-corrected chi connectivity index (χ4v) is 5.01. The quantitative estimate of drug-likeness (QED) is 0.428. The van der Waals surface area contributed by atoms with Crippen molar-refractivity contribution in [3.63, 3.8) is 0 Å². The fourth-order valence-electron chi connectivity index (χ4n) is 5.01. The van der Waals surface area contributed by atoms with E-state index in [4.69, 9.17) is 9.73 Å².